The van der Waals surface area contributed by atoms with E-state index in [0.29, 0.717) is 0 Å². The molecule has 144 valence electrons. The number of benzene rings is 4. The van der Waals surface area contributed by atoms with E-state index in [1.165, 1.54) is 32.7 Å². The monoisotopic (exact) mass is 380 g/mol. The standard InChI is InChI=1S/C26H25BO2/c1-25(2)26(3,4)29-27(28-25)24-11-7-10-19-13-15-22(17-23(19)24)21-14-12-18-8-5-6-9-20(18)16-21/h5-17H,1-4H3. The predicted molar refractivity (Wildman–Crippen MR) is 123 cm³/mol. The highest BCUT2D eigenvalue weighted by Gasteiger charge is 2.52. The molecule has 1 aliphatic rings. The molecule has 1 saturated heterocycles. The molecule has 0 amide bonds. The average molecular weight is 380 g/mol. The summed E-state index contributed by atoms with van der Waals surface area (Å²) in [6, 6.07) is 28.1. The third kappa shape index (κ3) is 3.06. The van der Waals surface area contributed by atoms with Gasteiger partial charge in [0.25, 0.3) is 0 Å². The Hall–Kier alpha value is -2.62. The maximum Gasteiger partial charge on any atom is 0.495 e. The zero-order valence-electron chi connectivity index (χ0n) is 17.4. The lowest BCUT2D eigenvalue weighted by molar-refractivity contribution is 0.00578. The largest absolute Gasteiger partial charge is 0.495 e. The number of hydrogen-bond donors (Lipinski definition) is 0. The lowest BCUT2D eigenvalue weighted by atomic mass is 9.75. The van der Waals surface area contributed by atoms with Crippen molar-refractivity contribution in [1.82, 2.24) is 0 Å². The summed E-state index contributed by atoms with van der Waals surface area (Å²) in [5, 5.41) is 4.89. The lowest BCUT2D eigenvalue weighted by Gasteiger charge is -2.32. The van der Waals surface area contributed by atoms with Gasteiger partial charge < -0.3 is 9.31 Å². The Bertz CT molecular complexity index is 1210. The molecule has 29 heavy (non-hydrogen) atoms. The third-order valence-corrected chi connectivity index (χ3v) is 6.51. The van der Waals surface area contributed by atoms with Crippen molar-refractivity contribution in [2.45, 2.75) is 38.9 Å². The smallest absolute Gasteiger partial charge is 0.399 e. The zero-order valence-corrected chi connectivity index (χ0v) is 17.4. The van der Waals surface area contributed by atoms with Crippen LogP contribution in [0.25, 0.3) is 32.7 Å². The van der Waals surface area contributed by atoms with Crippen LogP contribution in [0.2, 0.25) is 0 Å². The van der Waals surface area contributed by atoms with Crippen molar-refractivity contribution < 1.29 is 9.31 Å². The lowest BCUT2D eigenvalue weighted by Crippen LogP contribution is -2.41. The van der Waals surface area contributed by atoms with Crippen molar-refractivity contribution in [3.05, 3.63) is 78.9 Å². The fourth-order valence-corrected chi connectivity index (χ4v) is 4.02. The van der Waals surface area contributed by atoms with Crippen molar-refractivity contribution in [3.63, 3.8) is 0 Å². The van der Waals surface area contributed by atoms with Gasteiger partial charge in [-0.15, -0.1) is 0 Å². The van der Waals surface area contributed by atoms with Crippen LogP contribution in [0.5, 0.6) is 0 Å². The van der Waals surface area contributed by atoms with E-state index in [0.717, 1.165) is 5.46 Å². The van der Waals surface area contributed by atoms with Gasteiger partial charge in [-0.3, -0.25) is 0 Å². The Labute approximate surface area is 172 Å². The van der Waals surface area contributed by atoms with Crippen molar-refractivity contribution >= 4 is 34.1 Å². The average Bonchev–Trinajstić information content (AvgIpc) is 2.93. The minimum Gasteiger partial charge on any atom is -0.399 e. The van der Waals surface area contributed by atoms with Gasteiger partial charge in [-0.2, -0.15) is 0 Å². The van der Waals surface area contributed by atoms with E-state index >= 15 is 0 Å². The van der Waals surface area contributed by atoms with E-state index in [1.54, 1.807) is 0 Å². The van der Waals surface area contributed by atoms with Crippen LogP contribution in [-0.4, -0.2) is 18.3 Å². The molecule has 4 aromatic rings. The van der Waals surface area contributed by atoms with Gasteiger partial charge in [0, 0.05) is 0 Å². The first-order valence-corrected chi connectivity index (χ1v) is 10.2. The normalized spacial score (nSPS) is 17.9. The summed E-state index contributed by atoms with van der Waals surface area (Å²) in [6.07, 6.45) is 0. The fraction of sp³-hybridized carbons (Fsp3) is 0.231. The molecule has 0 aromatic heterocycles. The predicted octanol–water partition coefficient (Wildman–Crippen LogP) is 5.96. The molecule has 1 fully saturated rings. The summed E-state index contributed by atoms with van der Waals surface area (Å²) >= 11 is 0. The number of rotatable bonds is 2. The van der Waals surface area contributed by atoms with Crippen molar-refractivity contribution in [3.8, 4) is 11.1 Å². The molecule has 0 unspecified atom stereocenters. The minimum absolute atomic E-state index is 0.351. The van der Waals surface area contributed by atoms with Crippen LogP contribution >= 0.6 is 0 Å². The molecule has 1 aliphatic heterocycles. The van der Waals surface area contributed by atoms with E-state index in [4.69, 9.17) is 9.31 Å². The maximum atomic E-state index is 6.34. The highest BCUT2D eigenvalue weighted by Crippen LogP contribution is 2.37. The zero-order chi connectivity index (χ0) is 20.2. The second kappa shape index (κ2) is 6.45. The second-order valence-electron chi connectivity index (χ2n) is 8.93. The Balaban J connectivity index is 1.62. The van der Waals surface area contributed by atoms with Gasteiger partial charge in [-0.05, 0) is 78.0 Å². The number of fused-ring (bicyclic) bond motifs is 2. The molecule has 2 nitrogen and oxygen atoms in total. The molecule has 0 spiro atoms. The summed E-state index contributed by atoms with van der Waals surface area (Å²) in [7, 11) is -0.365. The van der Waals surface area contributed by atoms with Crippen LogP contribution in [0, 0.1) is 0 Å². The van der Waals surface area contributed by atoms with Gasteiger partial charge in [0.1, 0.15) is 0 Å². The molecule has 3 heteroatoms. The number of hydrogen-bond acceptors (Lipinski definition) is 2. The van der Waals surface area contributed by atoms with Crippen LogP contribution in [0.1, 0.15) is 27.7 Å². The van der Waals surface area contributed by atoms with Crippen LogP contribution < -0.4 is 5.46 Å². The maximum absolute atomic E-state index is 6.34. The van der Waals surface area contributed by atoms with Gasteiger partial charge in [0.15, 0.2) is 0 Å². The van der Waals surface area contributed by atoms with Crippen molar-refractivity contribution in [2.24, 2.45) is 0 Å². The van der Waals surface area contributed by atoms with Crippen LogP contribution in [0.3, 0.4) is 0 Å². The second-order valence-corrected chi connectivity index (χ2v) is 8.93. The Morgan fingerprint density at radius 2 is 1.17 bits per heavy atom. The van der Waals surface area contributed by atoms with Gasteiger partial charge in [-0.1, -0.05) is 66.7 Å². The Morgan fingerprint density at radius 3 is 1.90 bits per heavy atom. The van der Waals surface area contributed by atoms with Crippen molar-refractivity contribution in [2.75, 3.05) is 0 Å². The van der Waals surface area contributed by atoms with E-state index in [1.807, 2.05) is 0 Å². The summed E-state index contributed by atoms with van der Waals surface area (Å²) in [5.41, 5.74) is 2.80. The van der Waals surface area contributed by atoms with Gasteiger partial charge >= 0.3 is 7.12 Å². The molecule has 0 bridgehead atoms. The highest BCUT2D eigenvalue weighted by molar-refractivity contribution is 6.65. The first-order valence-electron chi connectivity index (χ1n) is 10.2. The molecule has 5 rings (SSSR count). The molecule has 1 heterocycles. The van der Waals surface area contributed by atoms with E-state index in [-0.39, 0.29) is 18.3 Å². The third-order valence-electron chi connectivity index (χ3n) is 6.51. The quantitative estimate of drug-likeness (QED) is 0.400. The molecule has 0 atom stereocenters. The van der Waals surface area contributed by atoms with E-state index in [2.05, 4.69) is 107 Å². The van der Waals surface area contributed by atoms with Crippen LogP contribution in [-0.2, 0) is 9.31 Å². The van der Waals surface area contributed by atoms with Crippen LogP contribution in [0.15, 0.2) is 78.9 Å². The summed E-state index contributed by atoms with van der Waals surface area (Å²) in [5.74, 6) is 0. The molecule has 4 aromatic carbocycles. The van der Waals surface area contributed by atoms with Crippen molar-refractivity contribution in [1.29, 1.82) is 0 Å². The molecule has 0 N–H and O–H groups in total. The molecular formula is C26H25BO2. The SMILES string of the molecule is CC1(C)OB(c2cccc3ccc(-c4ccc5ccccc5c4)cc23)OC1(C)C. The van der Waals surface area contributed by atoms with Gasteiger partial charge in [0.2, 0.25) is 0 Å². The molecule has 0 aliphatic carbocycles. The minimum atomic E-state index is -0.365. The van der Waals surface area contributed by atoms with E-state index in [9.17, 15) is 0 Å². The van der Waals surface area contributed by atoms with Gasteiger partial charge in [0.05, 0.1) is 11.2 Å². The first-order chi connectivity index (χ1) is 13.8. The first kappa shape index (κ1) is 18.4. The van der Waals surface area contributed by atoms with Gasteiger partial charge in [-0.25, -0.2) is 0 Å². The van der Waals surface area contributed by atoms with Crippen LogP contribution in [0.4, 0.5) is 0 Å². The molecule has 0 radical (unpaired) electrons. The fourth-order valence-electron chi connectivity index (χ4n) is 4.02. The summed E-state index contributed by atoms with van der Waals surface area (Å²) in [4.78, 5) is 0. The molecular weight excluding hydrogens is 355 g/mol. The summed E-state index contributed by atoms with van der Waals surface area (Å²) in [6.45, 7) is 8.38. The Morgan fingerprint density at radius 1 is 0.586 bits per heavy atom. The van der Waals surface area contributed by atoms with E-state index < -0.39 is 0 Å². The Kier molecular flexibility index (Phi) is 4.09. The highest BCUT2D eigenvalue weighted by atomic mass is 16.7. The molecule has 0 saturated carbocycles. The topological polar surface area (TPSA) is 18.5 Å². The summed E-state index contributed by atoms with van der Waals surface area (Å²) < 4.78 is 12.7.